The summed E-state index contributed by atoms with van der Waals surface area (Å²) in [5, 5.41) is 6.06. The van der Waals surface area contributed by atoms with Crippen molar-refractivity contribution in [1.82, 2.24) is 9.80 Å². The molecule has 11 nitrogen and oxygen atoms in total. The molecule has 0 aromatic heterocycles. The van der Waals surface area contributed by atoms with Gasteiger partial charge in [0.15, 0.2) is 0 Å². The molecule has 2 N–H and O–H groups in total. The van der Waals surface area contributed by atoms with Crippen LogP contribution in [0, 0.1) is 0 Å². The molecule has 4 amide bonds. The van der Waals surface area contributed by atoms with Gasteiger partial charge in [0.1, 0.15) is 35.6 Å². The summed E-state index contributed by atoms with van der Waals surface area (Å²) in [6, 6.07) is 33.2. The molecule has 2 saturated heterocycles. The van der Waals surface area contributed by atoms with Crippen LogP contribution in [0.5, 0.6) is 5.75 Å². The summed E-state index contributed by atoms with van der Waals surface area (Å²) in [5.74, 6) is 0.850. The maximum atomic E-state index is 13.4. The molecule has 4 atom stereocenters. The molecule has 3 fully saturated rings. The highest BCUT2D eigenvalue weighted by molar-refractivity contribution is 5.97. The molecular weight excluding hydrogens is 745 g/mol. The van der Waals surface area contributed by atoms with Crippen LogP contribution < -0.4 is 15.4 Å². The number of ether oxygens (including phenoxy) is 3. The molecule has 7 rings (SSSR count). The molecule has 4 unspecified atom stereocenters. The number of carbonyl (C=O) groups excluding carboxylic acids is 4. The number of rotatable bonds is 10. The van der Waals surface area contributed by atoms with Gasteiger partial charge in [-0.2, -0.15) is 0 Å². The van der Waals surface area contributed by atoms with Crippen LogP contribution in [-0.4, -0.2) is 70.2 Å². The molecule has 310 valence electrons. The summed E-state index contributed by atoms with van der Waals surface area (Å²) in [5.41, 5.74) is 4.60. The minimum Gasteiger partial charge on any atom is -0.489 e. The van der Waals surface area contributed by atoms with E-state index in [9.17, 15) is 19.2 Å². The Kier molecular flexibility index (Phi) is 12.0. The standard InChI is InChI=1S/C48H56N4O7/c1-47(2,3)58-45(55)51-28-10-14-38(51)43(53)49-35-22-16-32(17-23-35)40-41(42(40)34-20-26-37(27-21-34)57-30-31-12-8-7-9-13-31)33-18-24-36(25-19-33)50-44(54)39-15-11-29-52(39)46(56)59-48(4,5)6/h7-9,12-13,16-27,38-42H,10-11,14-15,28-30H2,1-6H3,(H,49,53)(H,50,54). The average Bonchev–Trinajstić information content (AvgIpc) is 3.48. The first kappa shape index (κ1) is 41.3. The Bertz CT molecular complexity index is 2000. The van der Waals surface area contributed by atoms with Gasteiger partial charge in [0, 0.05) is 24.5 Å². The van der Waals surface area contributed by atoms with Crippen molar-refractivity contribution in [3.8, 4) is 5.75 Å². The van der Waals surface area contributed by atoms with Crippen molar-refractivity contribution in [1.29, 1.82) is 0 Å². The third-order valence-corrected chi connectivity index (χ3v) is 11.0. The molecule has 0 spiro atoms. The summed E-state index contributed by atoms with van der Waals surface area (Å²) in [4.78, 5) is 55.5. The van der Waals surface area contributed by atoms with Crippen LogP contribution in [0.3, 0.4) is 0 Å². The minimum atomic E-state index is -0.646. The predicted octanol–water partition coefficient (Wildman–Crippen LogP) is 9.61. The van der Waals surface area contributed by atoms with Gasteiger partial charge in [-0.3, -0.25) is 19.4 Å². The van der Waals surface area contributed by atoms with Gasteiger partial charge in [0.2, 0.25) is 11.8 Å². The fourth-order valence-corrected chi connectivity index (χ4v) is 8.27. The molecule has 2 aliphatic heterocycles. The second-order valence-corrected chi connectivity index (χ2v) is 17.8. The number of hydrogen-bond acceptors (Lipinski definition) is 7. The van der Waals surface area contributed by atoms with E-state index in [0.29, 0.717) is 43.9 Å². The van der Waals surface area contributed by atoms with Gasteiger partial charge in [-0.05, 0) is 144 Å². The van der Waals surface area contributed by atoms with E-state index in [1.165, 1.54) is 15.4 Å². The molecular formula is C48H56N4O7. The largest absolute Gasteiger partial charge is 0.489 e. The number of amides is 4. The topological polar surface area (TPSA) is 127 Å². The summed E-state index contributed by atoms with van der Waals surface area (Å²) in [6.45, 7) is 12.4. The number of anilines is 2. The van der Waals surface area contributed by atoms with Crippen LogP contribution in [-0.2, 0) is 25.7 Å². The zero-order valence-corrected chi connectivity index (χ0v) is 34.9. The maximum Gasteiger partial charge on any atom is 0.410 e. The first-order valence-electron chi connectivity index (χ1n) is 20.7. The van der Waals surface area contributed by atoms with Crippen LogP contribution in [0.2, 0.25) is 0 Å². The van der Waals surface area contributed by atoms with Crippen LogP contribution in [0.25, 0.3) is 0 Å². The Morgan fingerprint density at radius 1 is 0.559 bits per heavy atom. The van der Waals surface area contributed by atoms with Gasteiger partial charge in [-0.25, -0.2) is 9.59 Å². The monoisotopic (exact) mass is 800 g/mol. The quantitative estimate of drug-likeness (QED) is 0.164. The zero-order chi connectivity index (χ0) is 41.9. The van der Waals surface area contributed by atoms with Crippen LogP contribution in [0.1, 0.15) is 107 Å². The molecule has 11 heteroatoms. The minimum absolute atomic E-state index is 0.162. The van der Waals surface area contributed by atoms with Crippen LogP contribution >= 0.6 is 0 Å². The smallest absolute Gasteiger partial charge is 0.410 e. The highest BCUT2D eigenvalue weighted by Gasteiger charge is 2.52. The van der Waals surface area contributed by atoms with E-state index in [-0.39, 0.29) is 29.6 Å². The van der Waals surface area contributed by atoms with E-state index in [4.69, 9.17) is 14.2 Å². The van der Waals surface area contributed by atoms with E-state index in [0.717, 1.165) is 35.3 Å². The Morgan fingerprint density at radius 2 is 0.949 bits per heavy atom. The van der Waals surface area contributed by atoms with E-state index in [1.54, 1.807) is 0 Å². The first-order chi connectivity index (χ1) is 28.1. The molecule has 2 heterocycles. The van der Waals surface area contributed by atoms with Crippen molar-refractivity contribution in [3.05, 3.63) is 125 Å². The second-order valence-electron chi connectivity index (χ2n) is 17.8. The van der Waals surface area contributed by atoms with E-state index < -0.39 is 35.5 Å². The fraction of sp³-hybridized carbons (Fsp3) is 0.417. The van der Waals surface area contributed by atoms with Gasteiger partial charge in [0.25, 0.3) is 0 Å². The number of hydrogen-bond donors (Lipinski definition) is 2. The lowest BCUT2D eigenvalue weighted by Gasteiger charge is -2.28. The lowest BCUT2D eigenvalue weighted by molar-refractivity contribution is -0.121. The first-order valence-corrected chi connectivity index (χ1v) is 20.7. The maximum absolute atomic E-state index is 13.4. The average molecular weight is 801 g/mol. The SMILES string of the molecule is CC(C)(C)OC(=O)N1CCCC1C(=O)Nc1ccc(C2C(c3ccc(NC(=O)C4CCCN4C(=O)OC(C)(C)C)cc3)C2c2ccc(OCc3ccccc3)cc2)cc1. The molecule has 4 aromatic rings. The number of nitrogens with zero attached hydrogens (tertiary/aromatic N) is 2. The number of benzene rings is 4. The van der Waals surface area contributed by atoms with Gasteiger partial charge in [-0.15, -0.1) is 0 Å². The lowest BCUT2D eigenvalue weighted by Crippen LogP contribution is -2.45. The van der Waals surface area contributed by atoms with Gasteiger partial charge < -0.3 is 24.8 Å². The van der Waals surface area contributed by atoms with Crippen molar-refractivity contribution < 1.29 is 33.4 Å². The predicted molar refractivity (Wildman–Crippen MR) is 228 cm³/mol. The number of carbonyl (C=O) groups is 4. The molecule has 1 aliphatic carbocycles. The highest BCUT2D eigenvalue weighted by Crippen LogP contribution is 2.66. The molecule has 1 saturated carbocycles. The third-order valence-electron chi connectivity index (χ3n) is 11.0. The van der Waals surface area contributed by atoms with E-state index >= 15 is 0 Å². The van der Waals surface area contributed by atoms with Crippen LogP contribution in [0.15, 0.2) is 103 Å². The van der Waals surface area contributed by atoms with Gasteiger partial charge in [-0.1, -0.05) is 66.7 Å². The lowest BCUT2D eigenvalue weighted by atomic mass is 10.0. The Balaban J connectivity index is 1.05. The van der Waals surface area contributed by atoms with E-state index in [1.807, 2.05) is 108 Å². The number of likely N-dealkylation sites (tertiary alicyclic amines) is 2. The summed E-state index contributed by atoms with van der Waals surface area (Å²) >= 11 is 0. The summed E-state index contributed by atoms with van der Waals surface area (Å²) in [6.07, 6.45) is 1.70. The molecule has 59 heavy (non-hydrogen) atoms. The summed E-state index contributed by atoms with van der Waals surface area (Å²) < 4.78 is 17.2. The Morgan fingerprint density at radius 3 is 1.34 bits per heavy atom. The highest BCUT2D eigenvalue weighted by atomic mass is 16.6. The second kappa shape index (κ2) is 17.2. The van der Waals surface area contributed by atoms with Crippen molar-refractivity contribution in [2.24, 2.45) is 0 Å². The number of nitrogens with one attached hydrogen (secondary N) is 2. The van der Waals surface area contributed by atoms with Crippen molar-refractivity contribution in [2.75, 3.05) is 23.7 Å². The van der Waals surface area contributed by atoms with Gasteiger partial charge in [0.05, 0.1) is 0 Å². The van der Waals surface area contributed by atoms with Crippen LogP contribution in [0.4, 0.5) is 21.0 Å². The molecule has 4 aromatic carbocycles. The van der Waals surface area contributed by atoms with Crippen molar-refractivity contribution >= 4 is 35.4 Å². The Hall–Kier alpha value is -5.84. The molecule has 3 aliphatic rings. The Labute approximate surface area is 347 Å². The fourth-order valence-electron chi connectivity index (χ4n) is 8.27. The van der Waals surface area contributed by atoms with E-state index in [2.05, 4.69) is 47.0 Å². The third kappa shape index (κ3) is 10.2. The summed E-state index contributed by atoms with van der Waals surface area (Å²) in [7, 11) is 0. The van der Waals surface area contributed by atoms with Gasteiger partial charge >= 0.3 is 12.2 Å². The van der Waals surface area contributed by atoms with Crippen molar-refractivity contribution in [3.63, 3.8) is 0 Å². The normalized spacial score (nSPS) is 21.4. The van der Waals surface area contributed by atoms with Crippen molar-refractivity contribution in [2.45, 2.75) is 115 Å². The molecule has 0 radical (unpaired) electrons. The molecule has 0 bridgehead atoms. The zero-order valence-electron chi connectivity index (χ0n) is 34.9.